The summed E-state index contributed by atoms with van der Waals surface area (Å²) in [5.41, 5.74) is 6.44. The number of nitrogen functional groups attached to an aromatic ring is 1. The molecule has 0 spiro atoms. The minimum Gasteiger partial charge on any atom is -0.497 e. The molecule has 0 unspecified atom stereocenters. The van der Waals surface area contributed by atoms with Crippen molar-refractivity contribution in [2.75, 3.05) is 12.8 Å². The minimum absolute atomic E-state index is 0.677. The number of nitrogens with two attached hydrogens (primary N) is 1. The second-order valence-electron chi connectivity index (χ2n) is 3.09. The van der Waals surface area contributed by atoms with Crippen molar-refractivity contribution in [2.45, 2.75) is 9.92 Å². The van der Waals surface area contributed by atoms with Crippen molar-refractivity contribution in [1.82, 2.24) is 9.97 Å². The van der Waals surface area contributed by atoms with Crippen LogP contribution in [-0.4, -0.2) is 17.1 Å². The Hall–Kier alpha value is -1.75. The van der Waals surface area contributed by atoms with Crippen molar-refractivity contribution < 1.29 is 4.74 Å². The third-order valence-corrected chi connectivity index (χ3v) is 2.84. The second kappa shape index (κ2) is 4.85. The van der Waals surface area contributed by atoms with Crippen LogP contribution < -0.4 is 10.5 Å². The molecular weight excluding hydrogens is 222 g/mol. The minimum atomic E-state index is 0.677. The van der Waals surface area contributed by atoms with E-state index >= 15 is 0 Å². The average Bonchev–Trinajstić information content (AvgIpc) is 2.29. The van der Waals surface area contributed by atoms with E-state index in [-0.39, 0.29) is 0 Å². The average molecular weight is 233 g/mol. The van der Waals surface area contributed by atoms with E-state index in [1.54, 1.807) is 19.4 Å². The van der Waals surface area contributed by atoms with Crippen molar-refractivity contribution in [1.29, 1.82) is 0 Å². The van der Waals surface area contributed by atoms with Crippen molar-refractivity contribution in [3.63, 3.8) is 0 Å². The number of benzene rings is 1. The van der Waals surface area contributed by atoms with E-state index in [0.29, 0.717) is 5.69 Å². The van der Waals surface area contributed by atoms with Crippen LogP contribution in [0.3, 0.4) is 0 Å². The van der Waals surface area contributed by atoms with Crippen LogP contribution in [0.1, 0.15) is 0 Å². The normalized spacial score (nSPS) is 10.1. The molecule has 5 heteroatoms. The van der Waals surface area contributed by atoms with Crippen LogP contribution >= 0.6 is 11.8 Å². The van der Waals surface area contributed by atoms with E-state index in [2.05, 4.69) is 9.97 Å². The number of anilines is 1. The van der Waals surface area contributed by atoms with Crippen LogP contribution in [0, 0.1) is 0 Å². The highest BCUT2D eigenvalue weighted by atomic mass is 32.2. The molecule has 0 aliphatic heterocycles. The highest BCUT2D eigenvalue weighted by Gasteiger charge is 2.02. The van der Waals surface area contributed by atoms with Crippen LogP contribution in [-0.2, 0) is 0 Å². The first-order valence-electron chi connectivity index (χ1n) is 4.66. The van der Waals surface area contributed by atoms with Gasteiger partial charge in [0.15, 0.2) is 0 Å². The molecule has 2 N–H and O–H groups in total. The Balaban J connectivity index is 2.24. The summed E-state index contributed by atoms with van der Waals surface area (Å²) < 4.78 is 5.15. The lowest BCUT2D eigenvalue weighted by Crippen LogP contribution is -1.89. The Bertz CT molecular complexity index is 476. The van der Waals surface area contributed by atoms with Crippen LogP contribution in [0.2, 0.25) is 0 Å². The van der Waals surface area contributed by atoms with Gasteiger partial charge in [-0.2, -0.15) is 0 Å². The predicted octanol–water partition coefficient (Wildman–Crippen LogP) is 2.22. The summed E-state index contributed by atoms with van der Waals surface area (Å²) in [4.78, 5) is 8.99. The van der Waals surface area contributed by atoms with E-state index in [1.165, 1.54) is 18.1 Å². The van der Waals surface area contributed by atoms with Gasteiger partial charge in [0.1, 0.15) is 17.1 Å². The predicted molar refractivity (Wildman–Crippen MR) is 63.6 cm³/mol. The molecule has 0 atom stereocenters. The first kappa shape index (κ1) is 10.8. The molecule has 0 amide bonds. The third-order valence-electron chi connectivity index (χ3n) is 1.92. The van der Waals surface area contributed by atoms with Gasteiger partial charge in [0.25, 0.3) is 0 Å². The van der Waals surface area contributed by atoms with Crippen molar-refractivity contribution >= 4 is 17.4 Å². The molecule has 0 bridgehead atoms. The van der Waals surface area contributed by atoms with E-state index in [0.717, 1.165) is 15.7 Å². The maximum absolute atomic E-state index is 5.76. The second-order valence-corrected chi connectivity index (χ2v) is 4.19. The topological polar surface area (TPSA) is 61.0 Å². The largest absolute Gasteiger partial charge is 0.497 e. The van der Waals surface area contributed by atoms with Gasteiger partial charge < -0.3 is 10.5 Å². The standard InChI is InChI=1S/C11H11N3OS/c1-15-9-4-8(12)5-10(6-9)16-11-2-3-13-7-14-11/h2-7H,12H2,1H3. The van der Waals surface area contributed by atoms with Gasteiger partial charge in [-0.1, -0.05) is 11.8 Å². The van der Waals surface area contributed by atoms with E-state index < -0.39 is 0 Å². The van der Waals surface area contributed by atoms with Crippen LogP contribution in [0.5, 0.6) is 5.75 Å². The molecular formula is C11H11N3OS. The lowest BCUT2D eigenvalue weighted by Gasteiger charge is -2.05. The zero-order valence-corrected chi connectivity index (χ0v) is 9.57. The molecule has 0 saturated heterocycles. The van der Waals surface area contributed by atoms with E-state index in [4.69, 9.17) is 10.5 Å². The van der Waals surface area contributed by atoms with Crippen molar-refractivity contribution in [3.8, 4) is 5.75 Å². The zero-order valence-electron chi connectivity index (χ0n) is 8.75. The van der Waals surface area contributed by atoms with Gasteiger partial charge in [-0.25, -0.2) is 9.97 Å². The molecule has 2 rings (SSSR count). The third kappa shape index (κ3) is 2.64. The maximum atomic E-state index is 5.76. The molecule has 1 aromatic heterocycles. The number of nitrogens with zero attached hydrogens (tertiary/aromatic N) is 2. The molecule has 16 heavy (non-hydrogen) atoms. The Labute approximate surface area is 97.9 Å². The molecule has 2 aromatic rings. The van der Waals surface area contributed by atoms with Gasteiger partial charge in [-0.3, -0.25) is 0 Å². The molecule has 1 aromatic carbocycles. The Morgan fingerprint density at radius 3 is 2.88 bits per heavy atom. The lowest BCUT2D eigenvalue weighted by atomic mass is 10.3. The Morgan fingerprint density at radius 1 is 1.31 bits per heavy atom. The number of aromatic nitrogens is 2. The number of hydrogen-bond acceptors (Lipinski definition) is 5. The van der Waals surface area contributed by atoms with Gasteiger partial charge in [0, 0.05) is 22.8 Å². The van der Waals surface area contributed by atoms with Gasteiger partial charge in [0.2, 0.25) is 0 Å². The van der Waals surface area contributed by atoms with Gasteiger partial charge in [-0.05, 0) is 18.2 Å². The fourth-order valence-corrected chi connectivity index (χ4v) is 2.07. The summed E-state index contributed by atoms with van der Waals surface area (Å²) in [5, 5.41) is 0.877. The van der Waals surface area contributed by atoms with Crippen LogP contribution in [0.15, 0.2) is 46.7 Å². The van der Waals surface area contributed by atoms with Crippen LogP contribution in [0.4, 0.5) is 5.69 Å². The van der Waals surface area contributed by atoms with Crippen molar-refractivity contribution in [3.05, 3.63) is 36.8 Å². The Kier molecular flexibility index (Phi) is 3.26. The first-order chi connectivity index (χ1) is 7.78. The molecule has 0 saturated carbocycles. The van der Waals surface area contributed by atoms with Gasteiger partial charge in [0.05, 0.1) is 7.11 Å². The lowest BCUT2D eigenvalue weighted by molar-refractivity contribution is 0.414. The quantitative estimate of drug-likeness (QED) is 0.650. The highest BCUT2D eigenvalue weighted by molar-refractivity contribution is 7.99. The monoisotopic (exact) mass is 233 g/mol. The molecule has 82 valence electrons. The molecule has 0 fully saturated rings. The molecule has 0 radical (unpaired) electrons. The SMILES string of the molecule is COc1cc(N)cc(Sc2ccncn2)c1. The number of ether oxygens (including phenoxy) is 1. The number of hydrogen-bond donors (Lipinski definition) is 1. The maximum Gasteiger partial charge on any atom is 0.122 e. The van der Waals surface area contributed by atoms with Crippen molar-refractivity contribution in [2.24, 2.45) is 0 Å². The summed E-state index contributed by atoms with van der Waals surface area (Å²) in [5.74, 6) is 0.747. The summed E-state index contributed by atoms with van der Waals surface area (Å²) in [6.45, 7) is 0. The van der Waals surface area contributed by atoms with E-state index in [1.807, 2.05) is 18.2 Å². The number of methoxy groups -OCH3 is 1. The molecule has 1 heterocycles. The summed E-state index contributed by atoms with van der Waals surface area (Å²) in [7, 11) is 1.62. The summed E-state index contributed by atoms with van der Waals surface area (Å²) in [6, 6.07) is 7.43. The molecule has 0 aliphatic carbocycles. The summed E-state index contributed by atoms with van der Waals surface area (Å²) in [6.07, 6.45) is 3.23. The fraction of sp³-hybridized carbons (Fsp3) is 0.0909. The summed E-state index contributed by atoms with van der Waals surface area (Å²) >= 11 is 1.52. The molecule has 0 aliphatic rings. The number of rotatable bonds is 3. The fourth-order valence-electron chi connectivity index (χ4n) is 1.23. The zero-order chi connectivity index (χ0) is 11.4. The van der Waals surface area contributed by atoms with E-state index in [9.17, 15) is 0 Å². The Morgan fingerprint density at radius 2 is 2.19 bits per heavy atom. The van der Waals surface area contributed by atoms with Gasteiger partial charge in [-0.15, -0.1) is 0 Å². The smallest absolute Gasteiger partial charge is 0.122 e. The van der Waals surface area contributed by atoms with Crippen LogP contribution in [0.25, 0.3) is 0 Å². The molecule has 4 nitrogen and oxygen atoms in total. The highest BCUT2D eigenvalue weighted by Crippen LogP contribution is 2.30. The first-order valence-corrected chi connectivity index (χ1v) is 5.48. The van der Waals surface area contributed by atoms with Gasteiger partial charge >= 0.3 is 0 Å².